The third-order valence-electron chi connectivity index (χ3n) is 1.90. The van der Waals surface area contributed by atoms with Crippen LogP contribution >= 0.6 is 0 Å². The number of hydrogen-bond donors (Lipinski definition) is 0. The molecule has 1 aromatic rings. The van der Waals surface area contributed by atoms with Gasteiger partial charge in [-0.3, -0.25) is 0 Å². The standard InChI is InChI=1S/C12H16O2/c1-10-5-4-6-12(9-10)7-8-14-11(2)13-3/h4-9,11H,1-3H3. The molecule has 0 bridgehead atoms. The van der Waals surface area contributed by atoms with Crippen molar-refractivity contribution in [2.24, 2.45) is 0 Å². The fourth-order valence-electron chi connectivity index (χ4n) is 1.06. The van der Waals surface area contributed by atoms with E-state index in [1.807, 2.05) is 25.1 Å². The normalized spacial score (nSPS) is 13.1. The van der Waals surface area contributed by atoms with Crippen molar-refractivity contribution >= 4 is 6.08 Å². The molecule has 0 aliphatic carbocycles. The molecule has 0 radical (unpaired) electrons. The summed E-state index contributed by atoms with van der Waals surface area (Å²) in [5.41, 5.74) is 2.38. The second kappa shape index (κ2) is 5.45. The third kappa shape index (κ3) is 3.62. The number of hydrogen-bond acceptors (Lipinski definition) is 2. The molecule has 0 heterocycles. The lowest BCUT2D eigenvalue weighted by Crippen LogP contribution is -2.05. The van der Waals surface area contributed by atoms with Crippen LogP contribution in [0.3, 0.4) is 0 Å². The highest BCUT2D eigenvalue weighted by atomic mass is 16.7. The molecule has 0 amide bonds. The van der Waals surface area contributed by atoms with Crippen LogP contribution in [0.2, 0.25) is 0 Å². The van der Waals surface area contributed by atoms with Gasteiger partial charge in [-0.2, -0.15) is 0 Å². The molecular weight excluding hydrogens is 176 g/mol. The molecule has 0 aliphatic heterocycles. The van der Waals surface area contributed by atoms with Crippen LogP contribution in [-0.2, 0) is 9.47 Å². The lowest BCUT2D eigenvalue weighted by molar-refractivity contribution is -0.0670. The van der Waals surface area contributed by atoms with E-state index in [1.54, 1.807) is 13.4 Å². The van der Waals surface area contributed by atoms with Crippen LogP contribution in [0.1, 0.15) is 18.1 Å². The predicted octanol–water partition coefficient (Wildman–Crippen LogP) is 2.97. The fraction of sp³-hybridized carbons (Fsp3) is 0.333. The van der Waals surface area contributed by atoms with Crippen molar-refractivity contribution in [1.82, 2.24) is 0 Å². The van der Waals surface area contributed by atoms with E-state index >= 15 is 0 Å². The minimum Gasteiger partial charge on any atom is -0.473 e. The molecule has 0 aliphatic rings. The lowest BCUT2D eigenvalue weighted by atomic mass is 10.1. The van der Waals surface area contributed by atoms with Gasteiger partial charge in [0.2, 0.25) is 0 Å². The summed E-state index contributed by atoms with van der Waals surface area (Å²) in [7, 11) is 1.62. The highest BCUT2D eigenvalue weighted by Crippen LogP contribution is 2.06. The summed E-state index contributed by atoms with van der Waals surface area (Å²) in [6, 6.07) is 8.21. The minimum absolute atomic E-state index is 0.198. The van der Waals surface area contributed by atoms with E-state index in [0.29, 0.717) is 0 Å². The summed E-state index contributed by atoms with van der Waals surface area (Å²) in [6.07, 6.45) is 3.38. The first-order valence-corrected chi connectivity index (χ1v) is 4.64. The van der Waals surface area contributed by atoms with Crippen LogP contribution in [0, 0.1) is 6.92 Å². The summed E-state index contributed by atoms with van der Waals surface area (Å²) in [4.78, 5) is 0. The Labute approximate surface area is 85.2 Å². The highest BCUT2D eigenvalue weighted by Gasteiger charge is 1.93. The van der Waals surface area contributed by atoms with E-state index in [9.17, 15) is 0 Å². The molecule has 1 unspecified atom stereocenters. The topological polar surface area (TPSA) is 18.5 Å². The van der Waals surface area contributed by atoms with E-state index in [2.05, 4.69) is 19.1 Å². The number of methoxy groups -OCH3 is 1. The highest BCUT2D eigenvalue weighted by molar-refractivity contribution is 5.49. The van der Waals surface area contributed by atoms with Gasteiger partial charge in [-0.25, -0.2) is 0 Å². The van der Waals surface area contributed by atoms with E-state index in [4.69, 9.17) is 9.47 Å². The Balaban J connectivity index is 2.51. The molecule has 0 aromatic heterocycles. The third-order valence-corrected chi connectivity index (χ3v) is 1.90. The molecular formula is C12H16O2. The summed E-state index contributed by atoms with van der Waals surface area (Å²) in [6.45, 7) is 3.91. The molecule has 2 heteroatoms. The Morgan fingerprint density at radius 2 is 2.14 bits per heavy atom. The first-order valence-electron chi connectivity index (χ1n) is 4.64. The van der Waals surface area contributed by atoms with Gasteiger partial charge < -0.3 is 9.47 Å². The van der Waals surface area contributed by atoms with Crippen molar-refractivity contribution in [3.63, 3.8) is 0 Å². The molecule has 0 N–H and O–H groups in total. The van der Waals surface area contributed by atoms with Crippen LogP contribution in [-0.4, -0.2) is 13.4 Å². The molecule has 0 saturated carbocycles. The molecule has 1 rings (SSSR count). The number of ether oxygens (including phenoxy) is 2. The molecule has 76 valence electrons. The first-order chi connectivity index (χ1) is 6.72. The van der Waals surface area contributed by atoms with Gasteiger partial charge in [0, 0.05) is 7.11 Å². The Kier molecular flexibility index (Phi) is 4.20. The quantitative estimate of drug-likeness (QED) is 0.539. The Hall–Kier alpha value is -1.28. The average Bonchev–Trinajstić information content (AvgIpc) is 2.17. The average molecular weight is 192 g/mol. The van der Waals surface area contributed by atoms with E-state index in [0.717, 1.165) is 5.56 Å². The summed E-state index contributed by atoms with van der Waals surface area (Å²) in [5, 5.41) is 0. The van der Waals surface area contributed by atoms with Crippen molar-refractivity contribution in [1.29, 1.82) is 0 Å². The van der Waals surface area contributed by atoms with Gasteiger partial charge in [-0.15, -0.1) is 0 Å². The Morgan fingerprint density at radius 1 is 1.36 bits per heavy atom. The van der Waals surface area contributed by atoms with Crippen LogP contribution in [0.5, 0.6) is 0 Å². The van der Waals surface area contributed by atoms with Crippen molar-refractivity contribution in [2.45, 2.75) is 20.1 Å². The summed E-state index contributed by atoms with van der Waals surface area (Å²) >= 11 is 0. The smallest absolute Gasteiger partial charge is 0.195 e. The Morgan fingerprint density at radius 3 is 2.79 bits per heavy atom. The van der Waals surface area contributed by atoms with Gasteiger partial charge in [0.15, 0.2) is 6.29 Å². The fourth-order valence-corrected chi connectivity index (χ4v) is 1.06. The number of aryl methyl sites for hydroxylation is 1. The van der Waals surface area contributed by atoms with Crippen molar-refractivity contribution in [3.05, 3.63) is 41.7 Å². The molecule has 0 saturated heterocycles. The second-order valence-electron chi connectivity index (χ2n) is 3.16. The maximum Gasteiger partial charge on any atom is 0.195 e. The maximum atomic E-state index is 5.23. The SMILES string of the molecule is COC(C)OC=Cc1cccc(C)c1. The predicted molar refractivity (Wildman–Crippen MR) is 57.8 cm³/mol. The van der Waals surface area contributed by atoms with Gasteiger partial charge in [0.05, 0.1) is 6.26 Å². The molecule has 2 nitrogen and oxygen atoms in total. The zero-order valence-electron chi connectivity index (χ0n) is 8.86. The minimum atomic E-state index is -0.198. The number of benzene rings is 1. The van der Waals surface area contributed by atoms with Gasteiger partial charge >= 0.3 is 0 Å². The molecule has 1 aromatic carbocycles. The van der Waals surface area contributed by atoms with Crippen molar-refractivity contribution in [3.8, 4) is 0 Å². The van der Waals surface area contributed by atoms with E-state index in [1.165, 1.54) is 5.56 Å². The zero-order valence-corrected chi connectivity index (χ0v) is 8.86. The zero-order chi connectivity index (χ0) is 10.4. The van der Waals surface area contributed by atoms with Crippen LogP contribution in [0.25, 0.3) is 6.08 Å². The molecule has 0 fully saturated rings. The summed E-state index contributed by atoms with van der Waals surface area (Å²) < 4.78 is 10.2. The molecule has 0 spiro atoms. The molecule has 1 atom stereocenters. The summed E-state index contributed by atoms with van der Waals surface area (Å²) in [5.74, 6) is 0. The van der Waals surface area contributed by atoms with E-state index in [-0.39, 0.29) is 6.29 Å². The van der Waals surface area contributed by atoms with Crippen LogP contribution in [0.4, 0.5) is 0 Å². The Bertz CT molecular complexity index is 305. The van der Waals surface area contributed by atoms with Crippen molar-refractivity contribution < 1.29 is 9.47 Å². The van der Waals surface area contributed by atoms with Gasteiger partial charge in [0.1, 0.15) is 0 Å². The monoisotopic (exact) mass is 192 g/mol. The second-order valence-corrected chi connectivity index (χ2v) is 3.16. The number of rotatable bonds is 4. The largest absolute Gasteiger partial charge is 0.473 e. The van der Waals surface area contributed by atoms with Crippen LogP contribution < -0.4 is 0 Å². The van der Waals surface area contributed by atoms with Crippen LogP contribution in [0.15, 0.2) is 30.5 Å². The van der Waals surface area contributed by atoms with Crippen molar-refractivity contribution in [2.75, 3.05) is 7.11 Å². The first kappa shape index (κ1) is 10.8. The lowest BCUT2D eigenvalue weighted by Gasteiger charge is -2.07. The van der Waals surface area contributed by atoms with E-state index < -0.39 is 0 Å². The maximum absolute atomic E-state index is 5.23. The van der Waals surface area contributed by atoms with Gasteiger partial charge in [0.25, 0.3) is 0 Å². The van der Waals surface area contributed by atoms with Gasteiger partial charge in [-0.1, -0.05) is 29.8 Å². The van der Waals surface area contributed by atoms with Gasteiger partial charge in [-0.05, 0) is 25.5 Å². The molecule has 14 heavy (non-hydrogen) atoms.